The van der Waals surface area contributed by atoms with Gasteiger partial charge in [0.15, 0.2) is 0 Å². The van der Waals surface area contributed by atoms with Gasteiger partial charge in [-0.1, -0.05) is 84.4 Å². The second kappa shape index (κ2) is 9.31. The molecule has 1 aliphatic rings. The highest BCUT2D eigenvalue weighted by Gasteiger charge is 2.45. The minimum Gasteiger partial charge on any atom is -0.273 e. The zero-order valence-corrected chi connectivity index (χ0v) is 20.0. The Morgan fingerprint density at radius 3 is 2.00 bits per heavy atom. The maximum Gasteiger partial charge on any atom is 0.270 e. The van der Waals surface area contributed by atoms with Crippen molar-refractivity contribution in [2.45, 2.75) is 23.7 Å². The predicted octanol–water partition coefficient (Wildman–Crippen LogP) is 5.53. The fourth-order valence-electron chi connectivity index (χ4n) is 4.50. The van der Waals surface area contributed by atoms with Gasteiger partial charge in [-0.3, -0.25) is 9.78 Å². The van der Waals surface area contributed by atoms with E-state index in [1.54, 1.807) is 48.8 Å². The normalized spacial score (nSPS) is 18.3. The number of amides is 1. The number of aryl methyl sites for hydroxylation is 1. The quantitative estimate of drug-likeness (QED) is 0.377. The zero-order chi connectivity index (χ0) is 24.4. The van der Waals surface area contributed by atoms with Gasteiger partial charge in [0.05, 0.1) is 16.5 Å². The van der Waals surface area contributed by atoms with Crippen LogP contribution in [-0.4, -0.2) is 23.6 Å². The number of aromatic nitrogens is 1. The van der Waals surface area contributed by atoms with E-state index in [-0.39, 0.29) is 10.8 Å². The second-order valence-corrected chi connectivity index (χ2v) is 10.3. The Hall–Kier alpha value is -4.03. The van der Waals surface area contributed by atoms with Crippen molar-refractivity contribution in [3.05, 3.63) is 138 Å². The molecule has 0 saturated carbocycles. The van der Waals surface area contributed by atoms with Gasteiger partial charge in [0, 0.05) is 23.9 Å². The van der Waals surface area contributed by atoms with Crippen LogP contribution in [0.2, 0.25) is 0 Å². The van der Waals surface area contributed by atoms with Crippen LogP contribution in [0.1, 0.15) is 34.1 Å². The molecule has 2 heterocycles. The molecule has 3 aromatic carbocycles. The number of allylic oxidation sites excluding steroid dienone is 1. The number of sulfonamides is 1. The minimum atomic E-state index is -4.18. The van der Waals surface area contributed by atoms with Crippen LogP contribution in [0.3, 0.4) is 0 Å². The maximum atomic E-state index is 14.3. The van der Waals surface area contributed by atoms with Crippen LogP contribution in [0.4, 0.5) is 0 Å². The summed E-state index contributed by atoms with van der Waals surface area (Å²) in [6.45, 7) is 1.89. The van der Waals surface area contributed by atoms with E-state index >= 15 is 0 Å². The van der Waals surface area contributed by atoms with Crippen molar-refractivity contribution in [3.63, 3.8) is 0 Å². The monoisotopic (exact) mass is 480 g/mol. The molecule has 0 spiro atoms. The molecular weight excluding hydrogens is 456 g/mol. The van der Waals surface area contributed by atoms with Gasteiger partial charge in [-0.15, -0.1) is 0 Å². The van der Waals surface area contributed by atoms with E-state index in [0.29, 0.717) is 11.3 Å². The molecule has 0 bridgehead atoms. The molecule has 0 N–H and O–H groups in total. The van der Waals surface area contributed by atoms with Crippen molar-refractivity contribution >= 4 is 21.6 Å². The number of nitrogens with zero attached hydrogens (tertiary/aromatic N) is 2. The third kappa shape index (κ3) is 4.29. The second-order valence-electron chi connectivity index (χ2n) is 8.54. The summed E-state index contributed by atoms with van der Waals surface area (Å²) in [5.41, 5.74) is 3.50. The number of pyridine rings is 1. The summed E-state index contributed by atoms with van der Waals surface area (Å²) < 4.78 is 28.9. The highest BCUT2D eigenvalue weighted by molar-refractivity contribution is 7.90. The summed E-state index contributed by atoms with van der Waals surface area (Å²) in [5.74, 6) is -1.56. The van der Waals surface area contributed by atoms with Crippen LogP contribution in [0.15, 0.2) is 120 Å². The minimum absolute atomic E-state index is 0.0659. The number of rotatable bonds is 5. The predicted molar refractivity (Wildman–Crippen MR) is 136 cm³/mol. The molecule has 35 heavy (non-hydrogen) atoms. The molecule has 0 saturated heterocycles. The molecule has 4 aromatic rings. The molecule has 1 amide bonds. The fraction of sp³-hybridized carbons (Fsp3) is 0.103. The van der Waals surface area contributed by atoms with E-state index in [0.717, 1.165) is 21.0 Å². The lowest BCUT2D eigenvalue weighted by atomic mass is 9.78. The first-order chi connectivity index (χ1) is 17.0. The maximum absolute atomic E-state index is 14.3. The van der Waals surface area contributed by atoms with Gasteiger partial charge in [-0.25, -0.2) is 12.7 Å². The Morgan fingerprint density at radius 1 is 0.771 bits per heavy atom. The van der Waals surface area contributed by atoms with Gasteiger partial charge in [-0.2, -0.15) is 0 Å². The van der Waals surface area contributed by atoms with Crippen LogP contribution >= 0.6 is 0 Å². The molecule has 2 atom stereocenters. The number of hydrogen-bond acceptors (Lipinski definition) is 4. The summed E-state index contributed by atoms with van der Waals surface area (Å²) in [7, 11) is -4.18. The largest absolute Gasteiger partial charge is 0.273 e. The lowest BCUT2D eigenvalue weighted by molar-refractivity contribution is -0.126. The fourth-order valence-corrected chi connectivity index (χ4v) is 5.96. The van der Waals surface area contributed by atoms with E-state index in [4.69, 9.17) is 0 Å². The smallest absolute Gasteiger partial charge is 0.270 e. The van der Waals surface area contributed by atoms with Crippen LogP contribution < -0.4 is 0 Å². The van der Waals surface area contributed by atoms with E-state index in [1.165, 1.54) is 0 Å². The molecule has 0 radical (unpaired) electrons. The van der Waals surface area contributed by atoms with Crippen molar-refractivity contribution in [3.8, 4) is 0 Å². The lowest BCUT2D eigenvalue weighted by Gasteiger charge is -2.37. The Labute approximate surface area is 205 Å². The van der Waals surface area contributed by atoms with Gasteiger partial charge >= 0.3 is 0 Å². The molecule has 5 nitrogen and oxygen atoms in total. The Kier molecular flexibility index (Phi) is 6.05. The summed E-state index contributed by atoms with van der Waals surface area (Å²) in [4.78, 5) is 18.5. The van der Waals surface area contributed by atoms with Gasteiger partial charge in [0.25, 0.3) is 10.0 Å². The van der Waals surface area contributed by atoms with Crippen LogP contribution in [0, 0.1) is 6.92 Å². The summed E-state index contributed by atoms with van der Waals surface area (Å²) in [6, 6.07) is 29.1. The van der Waals surface area contributed by atoms with Gasteiger partial charge in [0.1, 0.15) is 0 Å². The molecular formula is C29H24N2O3S. The SMILES string of the molecule is Cc1ccc(S(=O)(=O)N2C(=O)[C@H](c3ccccc3)[C@@H](c3ccccc3)C=C2c2cccnc2)cc1. The first-order valence-electron chi connectivity index (χ1n) is 11.3. The van der Waals surface area contributed by atoms with Gasteiger partial charge in [-0.05, 0) is 42.3 Å². The van der Waals surface area contributed by atoms with Crippen molar-refractivity contribution in [2.75, 3.05) is 0 Å². The molecule has 174 valence electrons. The van der Waals surface area contributed by atoms with Crippen LogP contribution in [0.25, 0.3) is 5.70 Å². The molecule has 0 unspecified atom stereocenters. The van der Waals surface area contributed by atoms with Crippen molar-refractivity contribution < 1.29 is 13.2 Å². The van der Waals surface area contributed by atoms with Crippen LogP contribution in [-0.2, 0) is 14.8 Å². The molecule has 6 heteroatoms. The number of hydrogen-bond donors (Lipinski definition) is 0. The third-order valence-corrected chi connectivity index (χ3v) is 7.97. The Morgan fingerprint density at radius 2 is 1.40 bits per heavy atom. The standard InChI is InChI=1S/C29H24N2O3S/c1-21-14-16-25(17-15-21)35(33,34)31-27(24-13-8-18-30-20-24)19-26(22-9-4-2-5-10-22)28(29(31)32)23-11-6-3-7-12-23/h2-20,26,28H,1H3/t26-,28-/m1/s1. The van der Waals surface area contributed by atoms with Crippen molar-refractivity contribution in [1.82, 2.24) is 9.29 Å². The topological polar surface area (TPSA) is 67.3 Å². The lowest BCUT2D eigenvalue weighted by Crippen LogP contribution is -2.43. The summed E-state index contributed by atoms with van der Waals surface area (Å²) in [6.07, 6.45) is 5.09. The van der Waals surface area contributed by atoms with Crippen molar-refractivity contribution in [1.29, 1.82) is 0 Å². The van der Waals surface area contributed by atoms with E-state index in [2.05, 4.69) is 4.98 Å². The van der Waals surface area contributed by atoms with E-state index in [9.17, 15) is 13.2 Å². The highest BCUT2D eigenvalue weighted by atomic mass is 32.2. The van der Waals surface area contributed by atoms with Gasteiger partial charge < -0.3 is 0 Å². The number of benzene rings is 3. The molecule has 0 aliphatic carbocycles. The van der Waals surface area contributed by atoms with Crippen molar-refractivity contribution in [2.24, 2.45) is 0 Å². The average molecular weight is 481 g/mol. The molecule has 1 aromatic heterocycles. The average Bonchev–Trinajstić information content (AvgIpc) is 2.89. The first kappa shape index (κ1) is 22.7. The van der Waals surface area contributed by atoms with Crippen LogP contribution in [0.5, 0.6) is 0 Å². The summed E-state index contributed by atoms with van der Waals surface area (Å²) in [5, 5.41) is 0. The number of carbonyl (C=O) groups is 1. The number of carbonyl (C=O) groups excluding carboxylic acids is 1. The highest BCUT2D eigenvalue weighted by Crippen LogP contribution is 2.45. The van der Waals surface area contributed by atoms with E-state index in [1.807, 2.05) is 73.7 Å². The summed E-state index contributed by atoms with van der Waals surface area (Å²) >= 11 is 0. The molecule has 5 rings (SSSR count). The third-order valence-electron chi connectivity index (χ3n) is 6.24. The Balaban J connectivity index is 1.76. The van der Waals surface area contributed by atoms with Gasteiger partial charge in [0.2, 0.25) is 5.91 Å². The van der Waals surface area contributed by atoms with E-state index < -0.39 is 21.8 Å². The molecule has 0 fully saturated rings. The zero-order valence-electron chi connectivity index (χ0n) is 19.2. The first-order valence-corrected chi connectivity index (χ1v) is 12.8. The molecule has 1 aliphatic heterocycles. The Bertz CT molecular complexity index is 1470.